The van der Waals surface area contributed by atoms with Crippen LogP contribution in [0, 0.1) is 16.1 Å². The number of aryl methyl sites for hydroxylation is 2. The van der Waals surface area contributed by atoms with E-state index in [1.807, 2.05) is 40.6 Å². The highest BCUT2D eigenvalue weighted by Gasteiger charge is 2.15. The predicted molar refractivity (Wildman–Crippen MR) is 83.9 cm³/mol. The van der Waals surface area contributed by atoms with Crippen molar-refractivity contribution in [2.24, 2.45) is 7.05 Å². The van der Waals surface area contributed by atoms with Crippen LogP contribution in [0.25, 0.3) is 16.9 Å². The molecule has 0 atom stereocenters. The molecule has 0 saturated carbocycles. The molecule has 3 aromatic rings. The molecule has 3 rings (SSSR count). The highest BCUT2D eigenvalue weighted by Crippen LogP contribution is 2.22. The van der Waals surface area contributed by atoms with E-state index in [1.165, 1.54) is 0 Å². The Balaban J connectivity index is 2.20. The van der Waals surface area contributed by atoms with Gasteiger partial charge in [0.15, 0.2) is 10.4 Å². The van der Waals surface area contributed by atoms with E-state index in [0.717, 1.165) is 34.5 Å². The first-order valence-electron chi connectivity index (χ1n) is 6.78. The van der Waals surface area contributed by atoms with Crippen LogP contribution in [0.4, 0.5) is 0 Å². The van der Waals surface area contributed by atoms with Gasteiger partial charge < -0.3 is 4.98 Å². The minimum Gasteiger partial charge on any atom is -0.327 e. The maximum absolute atomic E-state index is 8.74. The highest BCUT2D eigenvalue weighted by molar-refractivity contribution is 7.71. The van der Waals surface area contributed by atoms with Gasteiger partial charge in [0, 0.05) is 12.7 Å². The summed E-state index contributed by atoms with van der Waals surface area (Å²) >= 11 is 5.45. The third kappa shape index (κ3) is 2.16. The van der Waals surface area contributed by atoms with Gasteiger partial charge >= 0.3 is 0 Å². The number of imidazole rings is 1. The van der Waals surface area contributed by atoms with Gasteiger partial charge in [-0.15, -0.1) is 0 Å². The second-order valence-corrected chi connectivity index (χ2v) is 5.28. The SMILES string of the molecule is CCc1nn(C)c2c1[nH]c(=S)n2-c1ccc(CC#N)cc1. The molecule has 0 amide bonds. The molecule has 5 nitrogen and oxygen atoms in total. The van der Waals surface area contributed by atoms with Crippen LogP contribution in [0.2, 0.25) is 0 Å². The Morgan fingerprint density at radius 2 is 2.05 bits per heavy atom. The molecule has 2 aromatic heterocycles. The fourth-order valence-corrected chi connectivity index (χ4v) is 2.85. The molecule has 0 spiro atoms. The van der Waals surface area contributed by atoms with Crippen LogP contribution in [0.5, 0.6) is 0 Å². The van der Waals surface area contributed by atoms with Crippen LogP contribution < -0.4 is 0 Å². The number of aromatic nitrogens is 4. The Hall–Kier alpha value is -2.39. The lowest BCUT2D eigenvalue weighted by atomic mass is 10.1. The molecule has 2 heterocycles. The van der Waals surface area contributed by atoms with Crippen molar-refractivity contribution in [2.45, 2.75) is 19.8 Å². The monoisotopic (exact) mass is 297 g/mol. The molecule has 0 saturated heterocycles. The maximum atomic E-state index is 8.74. The van der Waals surface area contributed by atoms with Gasteiger partial charge in [0.25, 0.3) is 0 Å². The van der Waals surface area contributed by atoms with E-state index in [4.69, 9.17) is 17.5 Å². The molecule has 6 heteroatoms. The summed E-state index contributed by atoms with van der Waals surface area (Å²) in [5.41, 5.74) is 4.94. The molecule has 1 N–H and O–H groups in total. The maximum Gasteiger partial charge on any atom is 0.184 e. The summed E-state index contributed by atoms with van der Waals surface area (Å²) in [6.45, 7) is 2.08. The first-order valence-corrected chi connectivity index (χ1v) is 7.19. The summed E-state index contributed by atoms with van der Waals surface area (Å²) < 4.78 is 4.48. The van der Waals surface area contributed by atoms with Crippen LogP contribution in [0.3, 0.4) is 0 Å². The number of fused-ring (bicyclic) bond motifs is 1. The van der Waals surface area contributed by atoms with Crippen molar-refractivity contribution in [1.29, 1.82) is 5.26 Å². The zero-order chi connectivity index (χ0) is 15.0. The molecule has 0 bridgehead atoms. The van der Waals surface area contributed by atoms with Gasteiger partial charge in [-0.05, 0) is 36.3 Å². The average molecular weight is 297 g/mol. The van der Waals surface area contributed by atoms with E-state index in [0.29, 0.717) is 11.2 Å². The number of nitrogens with zero attached hydrogens (tertiary/aromatic N) is 4. The standard InChI is InChI=1S/C15H15N5S/c1-3-12-13-14(19(2)18-12)20(15(21)17-13)11-6-4-10(5-7-11)8-9-16/h4-7H,3,8H2,1-2H3,(H,17,21). The van der Waals surface area contributed by atoms with Gasteiger partial charge in [0.2, 0.25) is 0 Å². The summed E-state index contributed by atoms with van der Waals surface area (Å²) in [5, 5.41) is 13.3. The molecule has 0 unspecified atom stereocenters. The van der Waals surface area contributed by atoms with Crippen molar-refractivity contribution >= 4 is 23.4 Å². The van der Waals surface area contributed by atoms with Crippen molar-refractivity contribution in [3.05, 3.63) is 40.3 Å². The number of hydrogen-bond donors (Lipinski definition) is 1. The van der Waals surface area contributed by atoms with E-state index in [1.54, 1.807) is 0 Å². The molecular weight excluding hydrogens is 282 g/mol. The van der Waals surface area contributed by atoms with Gasteiger partial charge in [-0.2, -0.15) is 10.4 Å². The van der Waals surface area contributed by atoms with Crippen LogP contribution in [0.1, 0.15) is 18.2 Å². The third-order valence-corrected chi connectivity index (χ3v) is 3.83. The fourth-order valence-electron chi connectivity index (χ4n) is 2.55. The van der Waals surface area contributed by atoms with Gasteiger partial charge in [0.05, 0.1) is 18.2 Å². The molecular formula is C15H15N5S. The first kappa shape index (κ1) is 13.6. The summed E-state index contributed by atoms with van der Waals surface area (Å²) in [7, 11) is 1.92. The lowest BCUT2D eigenvalue weighted by molar-refractivity contribution is 0.748. The normalized spacial score (nSPS) is 10.9. The summed E-state index contributed by atoms with van der Waals surface area (Å²) in [5.74, 6) is 0. The largest absolute Gasteiger partial charge is 0.327 e. The zero-order valence-corrected chi connectivity index (χ0v) is 12.7. The van der Waals surface area contributed by atoms with Crippen molar-refractivity contribution in [3.63, 3.8) is 0 Å². The minimum absolute atomic E-state index is 0.417. The second-order valence-electron chi connectivity index (χ2n) is 4.89. The molecule has 0 aliphatic carbocycles. The van der Waals surface area contributed by atoms with Gasteiger partial charge in [-0.3, -0.25) is 4.57 Å². The second kappa shape index (κ2) is 5.19. The van der Waals surface area contributed by atoms with E-state index >= 15 is 0 Å². The van der Waals surface area contributed by atoms with Crippen molar-refractivity contribution < 1.29 is 0 Å². The smallest absolute Gasteiger partial charge is 0.184 e. The highest BCUT2D eigenvalue weighted by atomic mass is 32.1. The number of aromatic amines is 1. The van der Waals surface area contributed by atoms with Crippen LogP contribution >= 0.6 is 12.2 Å². The Morgan fingerprint density at radius 3 is 2.67 bits per heavy atom. The van der Waals surface area contributed by atoms with Crippen LogP contribution in [-0.4, -0.2) is 19.3 Å². The van der Waals surface area contributed by atoms with Crippen molar-refractivity contribution in [2.75, 3.05) is 0 Å². The van der Waals surface area contributed by atoms with Crippen LogP contribution in [0.15, 0.2) is 24.3 Å². The molecule has 0 radical (unpaired) electrons. The molecule has 0 aliphatic heterocycles. The Kier molecular flexibility index (Phi) is 3.35. The summed E-state index contributed by atoms with van der Waals surface area (Å²) in [6.07, 6.45) is 1.27. The zero-order valence-electron chi connectivity index (χ0n) is 11.9. The molecule has 21 heavy (non-hydrogen) atoms. The Labute approximate surface area is 127 Å². The lowest BCUT2D eigenvalue weighted by Crippen LogP contribution is -2.01. The fraction of sp³-hybridized carbons (Fsp3) is 0.267. The number of nitriles is 1. The Morgan fingerprint density at radius 1 is 1.33 bits per heavy atom. The predicted octanol–water partition coefficient (Wildman–Crippen LogP) is 3.05. The summed E-state index contributed by atoms with van der Waals surface area (Å²) in [4.78, 5) is 3.25. The number of nitrogens with one attached hydrogen (secondary N) is 1. The van der Waals surface area contributed by atoms with Gasteiger partial charge in [-0.25, -0.2) is 4.68 Å². The van der Waals surface area contributed by atoms with E-state index in [2.05, 4.69) is 23.1 Å². The number of rotatable bonds is 3. The van der Waals surface area contributed by atoms with Crippen molar-refractivity contribution in [3.8, 4) is 11.8 Å². The van der Waals surface area contributed by atoms with E-state index in [9.17, 15) is 0 Å². The molecule has 0 aliphatic rings. The molecule has 1 aromatic carbocycles. The minimum atomic E-state index is 0.417. The number of benzene rings is 1. The Bertz CT molecular complexity index is 889. The molecule has 106 valence electrons. The molecule has 0 fully saturated rings. The van der Waals surface area contributed by atoms with Gasteiger partial charge in [0.1, 0.15) is 5.52 Å². The van der Waals surface area contributed by atoms with Gasteiger partial charge in [-0.1, -0.05) is 19.1 Å². The topological polar surface area (TPSA) is 62.3 Å². The lowest BCUT2D eigenvalue weighted by Gasteiger charge is -2.05. The summed E-state index contributed by atoms with van der Waals surface area (Å²) in [6, 6.07) is 10.0. The van der Waals surface area contributed by atoms with Crippen molar-refractivity contribution in [1.82, 2.24) is 19.3 Å². The van der Waals surface area contributed by atoms with Crippen LogP contribution in [-0.2, 0) is 19.9 Å². The quantitative estimate of drug-likeness (QED) is 0.756. The number of hydrogen-bond acceptors (Lipinski definition) is 3. The van der Waals surface area contributed by atoms with E-state index < -0.39 is 0 Å². The average Bonchev–Trinajstić information content (AvgIpc) is 2.97. The third-order valence-electron chi connectivity index (χ3n) is 3.55. The first-order chi connectivity index (χ1) is 10.2. The van der Waals surface area contributed by atoms with E-state index in [-0.39, 0.29) is 0 Å². The number of H-pyrrole nitrogens is 1.